The number of benzene rings is 1. The van der Waals surface area contributed by atoms with E-state index in [0.717, 1.165) is 10.3 Å². The summed E-state index contributed by atoms with van der Waals surface area (Å²) < 4.78 is 0.740. The van der Waals surface area contributed by atoms with Gasteiger partial charge in [0.1, 0.15) is 10.3 Å². The van der Waals surface area contributed by atoms with Crippen molar-refractivity contribution in [3.05, 3.63) is 62.9 Å². The van der Waals surface area contributed by atoms with Crippen molar-refractivity contribution in [3.63, 3.8) is 0 Å². The summed E-state index contributed by atoms with van der Waals surface area (Å²) in [6.07, 6.45) is 0. The molecule has 1 heterocycles. The predicted octanol–water partition coefficient (Wildman–Crippen LogP) is 3.36. The third kappa shape index (κ3) is 3.04. The molecule has 92 valence electrons. The van der Waals surface area contributed by atoms with Crippen LogP contribution in [0.5, 0.6) is 0 Å². The van der Waals surface area contributed by atoms with Crippen LogP contribution in [0.2, 0.25) is 0 Å². The molecule has 6 heteroatoms. The predicted molar refractivity (Wildman–Crippen MR) is 72.4 cm³/mol. The lowest BCUT2D eigenvalue weighted by molar-refractivity contribution is -0.384. The van der Waals surface area contributed by atoms with Crippen LogP contribution in [0.1, 0.15) is 5.69 Å². The molecule has 0 aliphatic heterocycles. The summed E-state index contributed by atoms with van der Waals surface area (Å²) in [5, 5.41) is 13.8. The fourth-order valence-electron chi connectivity index (χ4n) is 1.52. The first-order valence-electron chi connectivity index (χ1n) is 5.25. The maximum Gasteiger partial charge on any atom is 0.292 e. The van der Waals surface area contributed by atoms with Gasteiger partial charge in [-0.1, -0.05) is 18.2 Å². The van der Waals surface area contributed by atoms with Gasteiger partial charge in [0, 0.05) is 6.07 Å². The summed E-state index contributed by atoms with van der Waals surface area (Å²) in [7, 11) is 0. The van der Waals surface area contributed by atoms with E-state index >= 15 is 0 Å². The number of pyridine rings is 1. The highest BCUT2D eigenvalue weighted by Crippen LogP contribution is 2.23. The van der Waals surface area contributed by atoms with Crippen LogP contribution < -0.4 is 5.32 Å². The van der Waals surface area contributed by atoms with E-state index < -0.39 is 4.92 Å². The Morgan fingerprint density at radius 1 is 1.22 bits per heavy atom. The molecule has 0 aliphatic carbocycles. The summed E-state index contributed by atoms with van der Waals surface area (Å²) in [6, 6.07) is 12.1. The molecule has 0 saturated heterocycles. The molecule has 0 amide bonds. The van der Waals surface area contributed by atoms with Gasteiger partial charge >= 0.3 is 0 Å². The lowest BCUT2D eigenvalue weighted by atomic mass is 10.2. The second kappa shape index (κ2) is 5.59. The second-order valence-corrected chi connectivity index (χ2v) is 4.39. The fraction of sp³-hybridized carbons (Fsp3) is 0.0833. The van der Waals surface area contributed by atoms with Crippen molar-refractivity contribution in [2.24, 2.45) is 0 Å². The highest BCUT2D eigenvalue weighted by Gasteiger charge is 2.11. The third-order valence-corrected chi connectivity index (χ3v) is 2.78. The van der Waals surface area contributed by atoms with Gasteiger partial charge in [-0.2, -0.15) is 0 Å². The largest absolute Gasteiger partial charge is 0.374 e. The molecule has 0 aliphatic rings. The Morgan fingerprint density at radius 3 is 2.72 bits per heavy atom. The van der Waals surface area contributed by atoms with Gasteiger partial charge in [-0.05, 0) is 34.1 Å². The maximum atomic E-state index is 10.8. The van der Waals surface area contributed by atoms with Crippen LogP contribution in [-0.4, -0.2) is 9.91 Å². The molecule has 0 fully saturated rings. The number of para-hydroxylation sites is 2. The average Bonchev–Trinajstić information content (AvgIpc) is 2.37. The normalized spacial score (nSPS) is 10.1. The van der Waals surface area contributed by atoms with Crippen molar-refractivity contribution < 1.29 is 4.92 Å². The van der Waals surface area contributed by atoms with Crippen LogP contribution >= 0.6 is 15.9 Å². The summed E-state index contributed by atoms with van der Waals surface area (Å²) >= 11 is 3.28. The summed E-state index contributed by atoms with van der Waals surface area (Å²) in [5.74, 6) is 0. The average molecular weight is 308 g/mol. The number of nitrogens with one attached hydrogen (secondary N) is 1. The Balaban J connectivity index is 2.13. The number of halogens is 1. The Labute approximate surface area is 112 Å². The number of nitro benzene ring substituents is 1. The zero-order chi connectivity index (χ0) is 13.0. The molecule has 0 bridgehead atoms. The lowest BCUT2D eigenvalue weighted by Crippen LogP contribution is -2.03. The summed E-state index contributed by atoms with van der Waals surface area (Å²) in [6.45, 7) is 0.435. The van der Waals surface area contributed by atoms with Crippen molar-refractivity contribution in [1.29, 1.82) is 0 Å². The van der Waals surface area contributed by atoms with Crippen molar-refractivity contribution in [2.45, 2.75) is 6.54 Å². The Kier molecular flexibility index (Phi) is 3.88. The molecule has 0 saturated carbocycles. The van der Waals surface area contributed by atoms with Crippen molar-refractivity contribution >= 4 is 27.3 Å². The first-order valence-corrected chi connectivity index (χ1v) is 6.05. The quantitative estimate of drug-likeness (QED) is 0.534. The standard InChI is InChI=1S/C12H10BrN3O2/c13-12-7-3-4-9(15-12)8-14-10-5-1-2-6-11(10)16(17)18/h1-7,14H,8H2. The molecule has 2 rings (SSSR count). The van der Waals surface area contributed by atoms with Crippen molar-refractivity contribution in [2.75, 3.05) is 5.32 Å². The molecular weight excluding hydrogens is 298 g/mol. The Bertz CT molecular complexity index is 575. The van der Waals surface area contributed by atoms with Gasteiger partial charge in [-0.15, -0.1) is 0 Å². The van der Waals surface area contributed by atoms with E-state index in [1.165, 1.54) is 6.07 Å². The summed E-state index contributed by atoms with van der Waals surface area (Å²) in [4.78, 5) is 14.7. The van der Waals surface area contributed by atoms with Crippen molar-refractivity contribution in [3.8, 4) is 0 Å². The van der Waals surface area contributed by atoms with Gasteiger partial charge in [0.05, 0.1) is 17.2 Å². The van der Waals surface area contributed by atoms with Crippen molar-refractivity contribution in [1.82, 2.24) is 4.98 Å². The smallest absolute Gasteiger partial charge is 0.292 e. The second-order valence-electron chi connectivity index (χ2n) is 3.58. The number of nitrogens with zero attached hydrogens (tertiary/aromatic N) is 2. The molecule has 0 radical (unpaired) electrons. The van der Waals surface area contributed by atoms with Gasteiger partial charge in [-0.25, -0.2) is 4.98 Å². The minimum absolute atomic E-state index is 0.0625. The van der Waals surface area contributed by atoms with Crippen LogP contribution in [-0.2, 0) is 6.54 Å². The van der Waals surface area contributed by atoms with E-state index in [1.54, 1.807) is 18.2 Å². The lowest BCUT2D eigenvalue weighted by Gasteiger charge is -2.06. The first kappa shape index (κ1) is 12.5. The molecule has 0 spiro atoms. The van der Waals surface area contributed by atoms with Crippen LogP contribution in [0.25, 0.3) is 0 Å². The molecule has 1 aromatic heterocycles. The molecular formula is C12H10BrN3O2. The van der Waals surface area contributed by atoms with E-state index in [2.05, 4.69) is 26.2 Å². The Morgan fingerprint density at radius 2 is 2.00 bits per heavy atom. The van der Waals surface area contributed by atoms with E-state index in [-0.39, 0.29) is 5.69 Å². The van der Waals surface area contributed by atoms with Crippen LogP contribution in [0.3, 0.4) is 0 Å². The molecule has 1 aromatic carbocycles. The highest BCUT2D eigenvalue weighted by atomic mass is 79.9. The van der Waals surface area contributed by atoms with Gasteiger partial charge in [0.25, 0.3) is 5.69 Å². The molecule has 18 heavy (non-hydrogen) atoms. The molecule has 0 unspecified atom stereocenters. The monoisotopic (exact) mass is 307 g/mol. The van der Waals surface area contributed by atoms with E-state index in [0.29, 0.717) is 12.2 Å². The first-order chi connectivity index (χ1) is 8.66. The molecule has 5 nitrogen and oxygen atoms in total. The summed E-state index contributed by atoms with van der Waals surface area (Å²) in [5.41, 5.74) is 1.36. The topological polar surface area (TPSA) is 68.1 Å². The zero-order valence-electron chi connectivity index (χ0n) is 9.34. The highest BCUT2D eigenvalue weighted by molar-refractivity contribution is 9.10. The number of nitro groups is 1. The van der Waals surface area contributed by atoms with Gasteiger partial charge < -0.3 is 5.32 Å². The van der Waals surface area contributed by atoms with E-state index in [9.17, 15) is 10.1 Å². The number of anilines is 1. The molecule has 0 atom stereocenters. The van der Waals surface area contributed by atoms with Crippen LogP contribution in [0.15, 0.2) is 47.1 Å². The Hall–Kier alpha value is -1.95. The molecule has 2 aromatic rings. The molecule has 1 N–H and O–H groups in total. The van der Waals surface area contributed by atoms with E-state index in [1.807, 2.05) is 18.2 Å². The van der Waals surface area contributed by atoms with Gasteiger partial charge in [0.2, 0.25) is 0 Å². The minimum atomic E-state index is -0.406. The van der Waals surface area contributed by atoms with Crippen LogP contribution in [0, 0.1) is 10.1 Å². The number of hydrogen-bond acceptors (Lipinski definition) is 4. The number of hydrogen-bond donors (Lipinski definition) is 1. The number of rotatable bonds is 4. The van der Waals surface area contributed by atoms with Gasteiger partial charge in [0.15, 0.2) is 0 Å². The zero-order valence-corrected chi connectivity index (χ0v) is 10.9. The van der Waals surface area contributed by atoms with Gasteiger partial charge in [-0.3, -0.25) is 10.1 Å². The number of aromatic nitrogens is 1. The fourth-order valence-corrected chi connectivity index (χ4v) is 1.90. The third-order valence-electron chi connectivity index (χ3n) is 2.33. The minimum Gasteiger partial charge on any atom is -0.374 e. The SMILES string of the molecule is O=[N+]([O-])c1ccccc1NCc1cccc(Br)n1. The van der Waals surface area contributed by atoms with E-state index in [4.69, 9.17) is 0 Å². The maximum absolute atomic E-state index is 10.8. The van der Waals surface area contributed by atoms with Crippen LogP contribution in [0.4, 0.5) is 11.4 Å².